The maximum absolute atomic E-state index is 12.6. The zero-order valence-electron chi connectivity index (χ0n) is 19.6. The lowest BCUT2D eigenvalue weighted by atomic mass is 10.1. The highest BCUT2D eigenvalue weighted by molar-refractivity contribution is 7.91. The van der Waals surface area contributed by atoms with Crippen LogP contribution in [0.3, 0.4) is 0 Å². The average Bonchev–Trinajstić information content (AvgIpc) is 2.80. The van der Waals surface area contributed by atoms with Crippen molar-refractivity contribution in [2.45, 2.75) is 76.0 Å². The van der Waals surface area contributed by atoms with Gasteiger partial charge >= 0.3 is 0 Å². The average molecular weight is 472 g/mol. The van der Waals surface area contributed by atoms with E-state index in [9.17, 15) is 18.3 Å². The molecule has 0 aliphatic rings. The minimum Gasteiger partial charge on any atom is -0.508 e. The van der Waals surface area contributed by atoms with Gasteiger partial charge in [0.05, 0.1) is 10.6 Å². The second kappa shape index (κ2) is 14.5. The molecule has 0 saturated carbocycles. The molecule has 0 aromatic heterocycles. The first-order chi connectivity index (χ1) is 15.9. The van der Waals surface area contributed by atoms with Gasteiger partial charge in [-0.1, -0.05) is 76.8 Å². The number of rotatable bonds is 15. The van der Waals surface area contributed by atoms with E-state index in [2.05, 4.69) is 12.2 Å². The number of phenols is 1. The smallest absolute Gasteiger partial charge is 0.248 e. The number of aromatic hydroxyl groups is 1. The third-order valence-electron chi connectivity index (χ3n) is 5.57. The summed E-state index contributed by atoms with van der Waals surface area (Å²) >= 11 is 0. The number of amides is 1. The number of hydrogen-bond acceptors (Lipinski definition) is 4. The van der Waals surface area contributed by atoms with Gasteiger partial charge in [0.2, 0.25) is 5.91 Å². The lowest BCUT2D eigenvalue weighted by Crippen LogP contribution is -2.09. The van der Waals surface area contributed by atoms with E-state index in [0.717, 1.165) is 18.4 Å². The molecule has 0 heterocycles. The molecule has 6 heteroatoms. The zero-order valence-corrected chi connectivity index (χ0v) is 20.4. The highest BCUT2D eigenvalue weighted by Crippen LogP contribution is 2.18. The molecule has 2 rings (SSSR count). The second-order valence-corrected chi connectivity index (χ2v) is 10.5. The predicted octanol–water partition coefficient (Wildman–Crippen LogP) is 6.74. The number of unbranched alkanes of at least 4 members (excludes halogenated alkanes) is 9. The summed E-state index contributed by atoms with van der Waals surface area (Å²) in [6.45, 7) is 2.22. The van der Waals surface area contributed by atoms with E-state index in [4.69, 9.17) is 0 Å². The molecule has 0 bridgehead atoms. The summed E-state index contributed by atoms with van der Waals surface area (Å²) in [5.74, 6) is 0.00811. The molecule has 0 aliphatic heterocycles. The summed E-state index contributed by atoms with van der Waals surface area (Å²) in [4.78, 5) is 12.4. The van der Waals surface area contributed by atoms with Crippen LogP contribution in [-0.4, -0.2) is 25.2 Å². The van der Waals surface area contributed by atoms with Gasteiger partial charge in [0.25, 0.3) is 0 Å². The van der Waals surface area contributed by atoms with Crippen molar-refractivity contribution < 1.29 is 18.3 Å². The molecule has 0 fully saturated rings. The maximum atomic E-state index is 12.6. The van der Waals surface area contributed by atoms with Crippen molar-refractivity contribution in [1.82, 2.24) is 0 Å². The Labute approximate surface area is 198 Å². The Morgan fingerprint density at radius 3 is 1.94 bits per heavy atom. The van der Waals surface area contributed by atoms with Gasteiger partial charge in [-0.25, -0.2) is 8.42 Å². The van der Waals surface area contributed by atoms with Crippen LogP contribution in [0.25, 0.3) is 6.08 Å². The van der Waals surface area contributed by atoms with E-state index in [1.54, 1.807) is 54.6 Å². The molecule has 5 nitrogen and oxygen atoms in total. The molecule has 180 valence electrons. The quantitative estimate of drug-likeness (QED) is 0.223. The van der Waals surface area contributed by atoms with Crippen molar-refractivity contribution in [2.75, 3.05) is 11.1 Å². The third kappa shape index (κ3) is 10.7. The molecule has 0 aliphatic carbocycles. The van der Waals surface area contributed by atoms with Gasteiger partial charge in [-0.3, -0.25) is 4.79 Å². The molecule has 0 atom stereocenters. The number of carbonyl (C=O) groups excluding carboxylic acids is 1. The summed E-state index contributed by atoms with van der Waals surface area (Å²) in [7, 11) is -3.31. The number of anilines is 1. The van der Waals surface area contributed by atoms with Crippen LogP contribution in [0.2, 0.25) is 0 Å². The highest BCUT2D eigenvalue weighted by Gasteiger charge is 2.14. The van der Waals surface area contributed by atoms with E-state index in [1.165, 1.54) is 51.0 Å². The van der Waals surface area contributed by atoms with Gasteiger partial charge in [0.1, 0.15) is 5.75 Å². The summed E-state index contributed by atoms with van der Waals surface area (Å²) in [5.41, 5.74) is 1.32. The van der Waals surface area contributed by atoms with Crippen LogP contribution in [0.1, 0.15) is 76.7 Å². The molecular weight excluding hydrogens is 434 g/mol. The van der Waals surface area contributed by atoms with E-state index in [0.29, 0.717) is 12.1 Å². The third-order valence-corrected chi connectivity index (χ3v) is 7.38. The number of benzene rings is 2. The number of carbonyl (C=O) groups is 1. The number of sulfone groups is 1. The van der Waals surface area contributed by atoms with Crippen LogP contribution in [0.4, 0.5) is 5.69 Å². The molecule has 0 unspecified atom stereocenters. The summed E-state index contributed by atoms with van der Waals surface area (Å²) in [5, 5.41) is 12.0. The van der Waals surface area contributed by atoms with Crippen molar-refractivity contribution >= 4 is 27.5 Å². The number of hydrogen-bond donors (Lipinski definition) is 2. The van der Waals surface area contributed by atoms with Crippen LogP contribution < -0.4 is 5.32 Å². The zero-order chi connectivity index (χ0) is 23.9. The lowest BCUT2D eigenvalue weighted by Gasteiger charge is -2.07. The Morgan fingerprint density at radius 2 is 1.36 bits per heavy atom. The van der Waals surface area contributed by atoms with E-state index in [-0.39, 0.29) is 22.3 Å². The Balaban J connectivity index is 1.70. The SMILES string of the molecule is CCCCCCCCCCCCS(=O)(=O)c1ccc(NC(=O)/C=C/c2ccc(O)cc2)cc1. The molecule has 1 amide bonds. The van der Waals surface area contributed by atoms with E-state index in [1.807, 2.05) is 0 Å². The van der Waals surface area contributed by atoms with Crippen molar-refractivity contribution in [1.29, 1.82) is 0 Å². The molecule has 0 radical (unpaired) electrons. The van der Waals surface area contributed by atoms with Crippen molar-refractivity contribution in [3.63, 3.8) is 0 Å². The molecule has 0 spiro atoms. The Bertz CT molecular complexity index is 964. The Morgan fingerprint density at radius 1 is 0.818 bits per heavy atom. The first kappa shape index (κ1) is 26.7. The molecule has 33 heavy (non-hydrogen) atoms. The van der Waals surface area contributed by atoms with Gasteiger partial charge in [0.15, 0.2) is 9.84 Å². The maximum Gasteiger partial charge on any atom is 0.248 e. The normalized spacial score (nSPS) is 11.7. The minimum atomic E-state index is -3.31. The first-order valence-corrected chi connectivity index (χ1v) is 13.7. The van der Waals surface area contributed by atoms with Crippen LogP contribution in [0.15, 0.2) is 59.5 Å². The standard InChI is InChI=1S/C27H37NO4S/c1-2-3-4-5-6-7-8-9-10-11-22-33(31,32)26-19-15-24(16-20-26)28-27(30)21-14-23-12-17-25(29)18-13-23/h12-21,29H,2-11,22H2,1H3,(H,28,30)/b21-14+. The van der Waals surface area contributed by atoms with Gasteiger partial charge in [0, 0.05) is 11.8 Å². The summed E-state index contributed by atoms with van der Waals surface area (Å²) in [6.07, 6.45) is 14.7. The monoisotopic (exact) mass is 471 g/mol. The highest BCUT2D eigenvalue weighted by atomic mass is 32.2. The van der Waals surface area contributed by atoms with Gasteiger partial charge < -0.3 is 10.4 Å². The molecular formula is C27H37NO4S. The lowest BCUT2D eigenvalue weighted by molar-refractivity contribution is -0.111. The molecule has 2 N–H and O–H groups in total. The topological polar surface area (TPSA) is 83.5 Å². The van der Waals surface area contributed by atoms with Crippen molar-refractivity contribution in [2.24, 2.45) is 0 Å². The second-order valence-electron chi connectivity index (χ2n) is 8.44. The first-order valence-electron chi connectivity index (χ1n) is 12.0. The van der Waals surface area contributed by atoms with Gasteiger partial charge in [-0.15, -0.1) is 0 Å². The number of nitrogens with one attached hydrogen (secondary N) is 1. The van der Waals surface area contributed by atoms with Crippen molar-refractivity contribution in [3.8, 4) is 5.75 Å². The van der Waals surface area contributed by atoms with Gasteiger partial charge in [-0.05, 0) is 54.5 Å². The predicted molar refractivity (Wildman–Crippen MR) is 136 cm³/mol. The summed E-state index contributed by atoms with van der Waals surface area (Å²) < 4.78 is 25.1. The molecule has 0 saturated heterocycles. The van der Waals surface area contributed by atoms with E-state index >= 15 is 0 Å². The van der Waals surface area contributed by atoms with Crippen LogP contribution >= 0.6 is 0 Å². The van der Waals surface area contributed by atoms with E-state index < -0.39 is 9.84 Å². The fourth-order valence-electron chi connectivity index (χ4n) is 3.58. The van der Waals surface area contributed by atoms with Gasteiger partial charge in [-0.2, -0.15) is 0 Å². The fraction of sp³-hybridized carbons (Fsp3) is 0.444. The van der Waals surface area contributed by atoms with Crippen LogP contribution in [0, 0.1) is 0 Å². The number of phenolic OH excluding ortho intramolecular Hbond substituents is 1. The minimum absolute atomic E-state index is 0.157. The molecule has 2 aromatic carbocycles. The Kier molecular flexibility index (Phi) is 11.7. The summed E-state index contributed by atoms with van der Waals surface area (Å²) in [6, 6.07) is 12.8. The van der Waals surface area contributed by atoms with Crippen molar-refractivity contribution in [3.05, 3.63) is 60.2 Å². The van der Waals surface area contributed by atoms with Crippen LogP contribution in [-0.2, 0) is 14.6 Å². The Hall–Kier alpha value is -2.60. The fourth-order valence-corrected chi connectivity index (χ4v) is 4.95. The van der Waals surface area contributed by atoms with Crippen LogP contribution in [0.5, 0.6) is 5.75 Å². The largest absolute Gasteiger partial charge is 0.508 e. The molecule has 2 aromatic rings.